The van der Waals surface area contributed by atoms with Gasteiger partial charge in [-0.3, -0.25) is 4.79 Å². The van der Waals surface area contributed by atoms with Crippen LogP contribution in [0.5, 0.6) is 0 Å². The first-order valence-electron chi connectivity index (χ1n) is 40.5. The Morgan fingerprint density at radius 3 is 1.06 bits per heavy atom. The molecule has 0 aromatic rings. The van der Waals surface area contributed by atoms with Crippen LogP contribution < -0.4 is 5.32 Å². The maximum Gasteiger partial charge on any atom is 0.220 e. The van der Waals surface area contributed by atoms with Crippen LogP contribution in [0.15, 0.2) is 97.2 Å². The Morgan fingerprint density at radius 1 is 0.363 bits per heavy atom. The predicted octanol–water partition coefficient (Wildman–Crippen LogP) is 13.6. The largest absolute Gasteiger partial charge is 0.394 e. The topological polar surface area (TPSA) is 307 Å². The van der Waals surface area contributed by atoms with Gasteiger partial charge in [0.05, 0.1) is 38.6 Å². The quantitative estimate of drug-likeness (QED) is 0.0199. The number of ether oxygens (including phenoxy) is 6. The Balaban J connectivity index is 1.36. The number of nitrogens with one attached hydrogen (secondary N) is 1. The zero-order valence-corrected chi connectivity index (χ0v) is 63.1. The van der Waals surface area contributed by atoms with Crippen LogP contribution in [0.1, 0.15) is 290 Å². The van der Waals surface area contributed by atoms with Crippen molar-refractivity contribution in [2.45, 2.75) is 394 Å². The first-order valence-corrected chi connectivity index (χ1v) is 40.5. The van der Waals surface area contributed by atoms with Crippen molar-refractivity contribution < 1.29 is 89.4 Å². The molecule has 3 saturated heterocycles. The van der Waals surface area contributed by atoms with Crippen LogP contribution in [-0.4, -0.2) is 193 Å². The highest BCUT2D eigenvalue weighted by Crippen LogP contribution is 2.33. The molecule has 0 aromatic heterocycles. The second kappa shape index (κ2) is 62.7. The fourth-order valence-electron chi connectivity index (χ4n) is 13.2. The number of aliphatic hydroxyl groups excluding tert-OH is 11. The van der Waals surface area contributed by atoms with E-state index in [9.17, 15) is 61.0 Å². The lowest BCUT2D eigenvalue weighted by atomic mass is 9.96. The molecule has 0 radical (unpaired) electrons. The average molecular weight is 1450 g/mol. The van der Waals surface area contributed by atoms with E-state index in [2.05, 4.69) is 104 Å². The molecule has 3 fully saturated rings. The molecular formula is C83H145NO18. The molecule has 0 bridgehead atoms. The molecule has 17 atom stereocenters. The van der Waals surface area contributed by atoms with Gasteiger partial charge in [0.1, 0.15) is 73.2 Å². The third kappa shape index (κ3) is 42.3. The van der Waals surface area contributed by atoms with Crippen LogP contribution in [0.2, 0.25) is 0 Å². The standard InChI is InChI=1S/C83H145NO18/c1-3-5-7-9-11-13-15-17-19-21-23-25-27-28-29-30-31-32-33-34-35-36-37-38-39-41-43-45-47-49-51-53-55-57-59-61-71(89)84-66(67(88)60-58-56-54-52-50-48-46-44-42-40-26-24-22-20-18-16-14-12-10-8-6-4-2)65-97-81-77(95)74(92)79(69(63-86)99-81)102-83-78(96)75(93)80(70(64-87)100-83)101-82-76(94)73(91)72(90)68(62-85)98-82/h5,7,11,13,17,19,23,25,28-29,31-32,34-35,58,60,66-70,72-83,85-88,90-96H,3-4,6,8-10,12,14-16,18,20-22,24,26-27,30,33,36-57,59,61-65H2,1-2H3,(H,84,89)/b7-5-,13-11-,19-17-,25-23-,29-28-,32-31-,35-34-,60-58+. The van der Waals surface area contributed by atoms with Crippen LogP contribution in [0.3, 0.4) is 0 Å². The number of hydrogen-bond donors (Lipinski definition) is 12. The molecule has 0 spiro atoms. The highest BCUT2D eigenvalue weighted by atomic mass is 16.8. The maximum absolute atomic E-state index is 13.5. The van der Waals surface area contributed by atoms with Gasteiger partial charge in [-0.2, -0.15) is 0 Å². The van der Waals surface area contributed by atoms with Crippen molar-refractivity contribution in [1.29, 1.82) is 0 Å². The summed E-state index contributed by atoms with van der Waals surface area (Å²) in [5.74, 6) is -0.277. The third-order valence-electron chi connectivity index (χ3n) is 19.6. The molecule has 17 unspecified atom stereocenters. The SMILES string of the molecule is CC/C=C\C/C=C\C/C=C\C/C=C\C/C=C\C/C=C\C/C=C\CCCCCCCCCCCCCCCC(=O)NC(COC1OC(CO)C(OC2OC(CO)C(OC3OC(CO)C(O)C(O)C3O)C(O)C2O)C(O)C1O)C(O)/C=C/CCCCCCCCCCCCCCCCCCCCCC. The first-order chi connectivity index (χ1) is 49.8. The highest BCUT2D eigenvalue weighted by molar-refractivity contribution is 5.76. The van der Waals surface area contributed by atoms with E-state index < -0.39 is 124 Å². The van der Waals surface area contributed by atoms with E-state index in [1.807, 2.05) is 6.08 Å². The van der Waals surface area contributed by atoms with E-state index >= 15 is 0 Å². The lowest BCUT2D eigenvalue weighted by molar-refractivity contribution is -0.379. The van der Waals surface area contributed by atoms with Crippen molar-refractivity contribution in [3.05, 3.63) is 97.2 Å². The number of carbonyl (C=O) groups excluding carboxylic acids is 1. The van der Waals surface area contributed by atoms with Gasteiger partial charge >= 0.3 is 0 Å². The van der Waals surface area contributed by atoms with Crippen LogP contribution >= 0.6 is 0 Å². The summed E-state index contributed by atoms with van der Waals surface area (Å²) < 4.78 is 34.5. The predicted molar refractivity (Wildman–Crippen MR) is 406 cm³/mol. The molecular weight excluding hydrogens is 1300 g/mol. The number of allylic oxidation sites excluding steroid dienone is 15. The molecule has 3 heterocycles. The van der Waals surface area contributed by atoms with Crippen LogP contribution in [0.25, 0.3) is 0 Å². The van der Waals surface area contributed by atoms with Crippen LogP contribution in [0, 0.1) is 0 Å². The summed E-state index contributed by atoms with van der Waals surface area (Å²) in [4.78, 5) is 13.5. The smallest absolute Gasteiger partial charge is 0.220 e. The van der Waals surface area contributed by atoms with Crippen molar-refractivity contribution in [1.82, 2.24) is 5.32 Å². The summed E-state index contributed by atoms with van der Waals surface area (Å²) in [5, 5.41) is 121. The number of aliphatic hydroxyl groups is 11. The molecule has 3 aliphatic heterocycles. The summed E-state index contributed by atoms with van der Waals surface area (Å²) in [6.07, 6.45) is 58.1. The second-order valence-electron chi connectivity index (χ2n) is 28.5. The van der Waals surface area contributed by atoms with Gasteiger partial charge in [0, 0.05) is 6.42 Å². The summed E-state index contributed by atoms with van der Waals surface area (Å²) in [7, 11) is 0. The minimum atomic E-state index is -1.98. The summed E-state index contributed by atoms with van der Waals surface area (Å²) >= 11 is 0. The van der Waals surface area contributed by atoms with Gasteiger partial charge < -0.3 is 89.9 Å². The van der Waals surface area contributed by atoms with E-state index in [1.54, 1.807) is 6.08 Å². The molecule has 3 rings (SSSR count). The van der Waals surface area contributed by atoms with Crippen molar-refractivity contribution >= 4 is 5.91 Å². The molecule has 0 aromatic carbocycles. The fraction of sp³-hybridized carbons (Fsp3) is 0.795. The Morgan fingerprint density at radius 2 is 0.676 bits per heavy atom. The highest BCUT2D eigenvalue weighted by Gasteiger charge is 2.54. The molecule has 3 aliphatic rings. The van der Waals surface area contributed by atoms with E-state index in [4.69, 9.17) is 28.4 Å². The van der Waals surface area contributed by atoms with E-state index in [0.29, 0.717) is 6.42 Å². The van der Waals surface area contributed by atoms with E-state index in [1.165, 1.54) is 167 Å². The first kappa shape index (κ1) is 92.9. The Labute approximate surface area is 615 Å². The van der Waals surface area contributed by atoms with Gasteiger partial charge in [0.25, 0.3) is 0 Å². The molecule has 102 heavy (non-hydrogen) atoms. The zero-order valence-electron chi connectivity index (χ0n) is 63.1. The van der Waals surface area contributed by atoms with Crippen molar-refractivity contribution in [2.75, 3.05) is 26.4 Å². The molecule has 590 valence electrons. The molecule has 0 aliphatic carbocycles. The number of rotatable bonds is 63. The van der Waals surface area contributed by atoms with Crippen molar-refractivity contribution in [3.63, 3.8) is 0 Å². The van der Waals surface area contributed by atoms with Gasteiger partial charge in [0.15, 0.2) is 18.9 Å². The fourth-order valence-corrected chi connectivity index (χ4v) is 13.2. The normalized spacial score (nSPS) is 26.7. The van der Waals surface area contributed by atoms with Gasteiger partial charge in [-0.25, -0.2) is 0 Å². The van der Waals surface area contributed by atoms with Gasteiger partial charge in [0.2, 0.25) is 5.91 Å². The summed E-state index contributed by atoms with van der Waals surface area (Å²) in [5.41, 5.74) is 0. The number of hydrogen-bond acceptors (Lipinski definition) is 18. The zero-order chi connectivity index (χ0) is 73.9. The minimum Gasteiger partial charge on any atom is -0.394 e. The molecule has 19 heteroatoms. The van der Waals surface area contributed by atoms with Gasteiger partial charge in [-0.05, 0) is 77.0 Å². The number of carbonyl (C=O) groups is 1. The summed E-state index contributed by atoms with van der Waals surface area (Å²) in [6.45, 7) is 1.65. The lowest BCUT2D eigenvalue weighted by Gasteiger charge is -2.48. The average Bonchev–Trinajstić information content (AvgIpc) is 0.781. The third-order valence-corrected chi connectivity index (χ3v) is 19.6. The second-order valence-corrected chi connectivity index (χ2v) is 28.5. The minimum absolute atomic E-state index is 0.237. The molecule has 19 nitrogen and oxygen atoms in total. The van der Waals surface area contributed by atoms with E-state index in [-0.39, 0.29) is 18.9 Å². The van der Waals surface area contributed by atoms with Crippen LogP contribution in [-0.2, 0) is 33.2 Å². The maximum atomic E-state index is 13.5. The van der Waals surface area contributed by atoms with Gasteiger partial charge in [-0.15, -0.1) is 0 Å². The molecule has 1 amide bonds. The molecule has 12 N–H and O–H groups in total. The monoisotopic (exact) mass is 1440 g/mol. The van der Waals surface area contributed by atoms with Gasteiger partial charge in [-0.1, -0.05) is 304 Å². The van der Waals surface area contributed by atoms with E-state index in [0.717, 1.165) is 96.3 Å². The van der Waals surface area contributed by atoms with Crippen molar-refractivity contribution in [2.24, 2.45) is 0 Å². The number of unbranched alkanes of at least 4 members (excludes halogenated alkanes) is 33. The lowest BCUT2D eigenvalue weighted by Crippen LogP contribution is -2.66. The molecule has 0 saturated carbocycles. The number of amides is 1. The Kier molecular flexibility index (Phi) is 57.1. The Bertz CT molecular complexity index is 2220. The Hall–Kier alpha value is -3.29. The summed E-state index contributed by atoms with van der Waals surface area (Å²) in [6, 6.07) is -0.980. The van der Waals surface area contributed by atoms with Crippen LogP contribution in [0.4, 0.5) is 0 Å². The van der Waals surface area contributed by atoms with Crippen molar-refractivity contribution in [3.8, 4) is 0 Å².